The summed E-state index contributed by atoms with van der Waals surface area (Å²) in [6.45, 7) is 6.01. The number of methoxy groups -OCH3 is 1. The van der Waals surface area contributed by atoms with Crippen molar-refractivity contribution in [3.8, 4) is 11.4 Å². The molecule has 0 fully saturated rings. The van der Waals surface area contributed by atoms with E-state index < -0.39 is 0 Å². The zero-order valence-corrected chi connectivity index (χ0v) is 14.4. The summed E-state index contributed by atoms with van der Waals surface area (Å²) in [7, 11) is 3.43. The van der Waals surface area contributed by atoms with E-state index in [1.54, 1.807) is 16.7 Å². The Morgan fingerprint density at radius 1 is 1.43 bits per heavy atom. The third-order valence-corrected chi connectivity index (χ3v) is 4.08. The van der Waals surface area contributed by atoms with Gasteiger partial charge in [-0.15, -0.1) is 5.10 Å². The monoisotopic (exact) mass is 316 g/mol. The van der Waals surface area contributed by atoms with Gasteiger partial charge in [-0.3, -0.25) is 4.79 Å². The Bertz CT molecular complexity index is 681. The molecule has 0 radical (unpaired) electrons. The molecule has 1 heterocycles. The Labute approximate surface area is 137 Å². The van der Waals surface area contributed by atoms with E-state index >= 15 is 0 Å². The second-order valence-electron chi connectivity index (χ2n) is 5.69. The lowest BCUT2D eigenvalue weighted by molar-refractivity contribution is 0.0730. The number of benzene rings is 1. The second kappa shape index (κ2) is 7.26. The summed E-state index contributed by atoms with van der Waals surface area (Å²) in [4.78, 5) is 14.4. The van der Waals surface area contributed by atoms with Crippen LogP contribution in [0.25, 0.3) is 5.69 Å². The van der Waals surface area contributed by atoms with Crippen LogP contribution in [0.1, 0.15) is 42.9 Å². The molecule has 1 unspecified atom stereocenters. The van der Waals surface area contributed by atoms with Gasteiger partial charge in [0.25, 0.3) is 5.91 Å². The van der Waals surface area contributed by atoms with E-state index in [9.17, 15) is 4.79 Å². The van der Waals surface area contributed by atoms with Crippen molar-refractivity contribution < 1.29 is 9.53 Å². The fraction of sp³-hybridized carbons (Fsp3) is 0.471. The van der Waals surface area contributed by atoms with Gasteiger partial charge in [0.1, 0.15) is 5.75 Å². The minimum Gasteiger partial charge on any atom is -0.497 e. The van der Waals surface area contributed by atoms with Crippen LogP contribution in [0.4, 0.5) is 0 Å². The zero-order chi connectivity index (χ0) is 17.0. The minimum absolute atomic E-state index is 0.0994. The molecule has 6 nitrogen and oxygen atoms in total. The standard InChI is InChI=1S/C17H24N4O2/c1-6-8-12(2)20(4)17(22)16-13(3)21(19-18-16)14-9-7-10-15(11-14)23-5/h7,9-12H,6,8H2,1-5H3. The molecule has 6 heteroatoms. The number of hydrogen-bond donors (Lipinski definition) is 0. The number of rotatable bonds is 6. The first-order valence-corrected chi connectivity index (χ1v) is 7.83. The second-order valence-corrected chi connectivity index (χ2v) is 5.69. The quantitative estimate of drug-likeness (QED) is 0.822. The minimum atomic E-state index is -0.0994. The predicted octanol–water partition coefficient (Wildman–Crippen LogP) is 2.84. The van der Waals surface area contributed by atoms with Crippen molar-refractivity contribution >= 4 is 5.91 Å². The highest BCUT2D eigenvalue weighted by Crippen LogP contribution is 2.19. The van der Waals surface area contributed by atoms with E-state index in [0.29, 0.717) is 5.69 Å². The molecule has 0 N–H and O–H groups in total. The van der Waals surface area contributed by atoms with Crippen molar-refractivity contribution in [2.75, 3.05) is 14.2 Å². The number of hydrogen-bond acceptors (Lipinski definition) is 4. The van der Waals surface area contributed by atoms with Gasteiger partial charge in [0.2, 0.25) is 0 Å². The van der Waals surface area contributed by atoms with Crippen LogP contribution < -0.4 is 4.74 Å². The van der Waals surface area contributed by atoms with Crippen LogP contribution in [0, 0.1) is 6.92 Å². The smallest absolute Gasteiger partial charge is 0.276 e. The van der Waals surface area contributed by atoms with Crippen LogP contribution in [0.15, 0.2) is 24.3 Å². The highest BCUT2D eigenvalue weighted by atomic mass is 16.5. The molecule has 0 aliphatic rings. The largest absolute Gasteiger partial charge is 0.497 e. The van der Waals surface area contributed by atoms with Gasteiger partial charge < -0.3 is 9.64 Å². The first kappa shape index (κ1) is 17.0. The average Bonchev–Trinajstić information content (AvgIpc) is 2.95. The summed E-state index contributed by atoms with van der Waals surface area (Å²) in [6, 6.07) is 7.68. The van der Waals surface area contributed by atoms with Gasteiger partial charge in [0, 0.05) is 19.2 Å². The molecular weight excluding hydrogens is 292 g/mol. The Morgan fingerprint density at radius 2 is 2.17 bits per heavy atom. The number of ether oxygens (including phenoxy) is 1. The molecule has 1 aromatic heterocycles. The number of amides is 1. The van der Waals surface area contributed by atoms with Gasteiger partial charge >= 0.3 is 0 Å². The molecule has 2 aromatic rings. The summed E-state index contributed by atoms with van der Waals surface area (Å²) in [6.07, 6.45) is 2.00. The molecule has 2 rings (SSSR count). The highest BCUT2D eigenvalue weighted by Gasteiger charge is 2.23. The van der Waals surface area contributed by atoms with Crippen LogP contribution in [0.3, 0.4) is 0 Å². The Morgan fingerprint density at radius 3 is 2.83 bits per heavy atom. The van der Waals surface area contributed by atoms with E-state index in [1.165, 1.54) is 0 Å². The highest BCUT2D eigenvalue weighted by molar-refractivity contribution is 5.93. The molecule has 124 valence electrons. The van der Waals surface area contributed by atoms with E-state index in [2.05, 4.69) is 17.2 Å². The Balaban J connectivity index is 2.30. The Kier molecular flexibility index (Phi) is 5.36. The molecule has 1 amide bonds. The third kappa shape index (κ3) is 3.52. The van der Waals surface area contributed by atoms with Crippen LogP contribution in [0.2, 0.25) is 0 Å². The normalized spacial score (nSPS) is 12.0. The number of carbonyl (C=O) groups excluding carboxylic acids is 1. The molecule has 0 aliphatic carbocycles. The van der Waals surface area contributed by atoms with Gasteiger partial charge in [0.05, 0.1) is 18.5 Å². The maximum atomic E-state index is 12.6. The lowest BCUT2D eigenvalue weighted by atomic mass is 10.1. The average molecular weight is 316 g/mol. The number of carbonyl (C=O) groups is 1. The predicted molar refractivity (Wildman–Crippen MR) is 89.1 cm³/mol. The first-order chi connectivity index (χ1) is 11.0. The van der Waals surface area contributed by atoms with Gasteiger partial charge in [0.15, 0.2) is 5.69 Å². The number of nitrogens with zero attached hydrogens (tertiary/aromatic N) is 4. The fourth-order valence-electron chi connectivity index (χ4n) is 2.49. The SMILES string of the molecule is CCCC(C)N(C)C(=O)c1nnn(-c2cccc(OC)c2)c1C. The lowest BCUT2D eigenvalue weighted by Gasteiger charge is -2.23. The molecule has 1 aromatic carbocycles. The lowest BCUT2D eigenvalue weighted by Crippen LogP contribution is -2.35. The maximum Gasteiger partial charge on any atom is 0.276 e. The zero-order valence-electron chi connectivity index (χ0n) is 14.4. The summed E-state index contributed by atoms with van der Waals surface area (Å²) in [5, 5.41) is 8.23. The number of aromatic nitrogens is 3. The van der Waals surface area contributed by atoms with Crippen molar-refractivity contribution in [3.63, 3.8) is 0 Å². The van der Waals surface area contributed by atoms with Crippen molar-refractivity contribution in [2.45, 2.75) is 39.7 Å². The van der Waals surface area contributed by atoms with E-state index in [-0.39, 0.29) is 11.9 Å². The van der Waals surface area contributed by atoms with Gasteiger partial charge in [-0.1, -0.05) is 24.6 Å². The van der Waals surface area contributed by atoms with Gasteiger partial charge in [-0.05, 0) is 32.4 Å². The molecule has 0 bridgehead atoms. The van der Waals surface area contributed by atoms with Crippen LogP contribution in [0.5, 0.6) is 5.75 Å². The molecule has 0 saturated carbocycles. The van der Waals surface area contributed by atoms with E-state index in [0.717, 1.165) is 30.0 Å². The van der Waals surface area contributed by atoms with Crippen LogP contribution in [-0.4, -0.2) is 46.0 Å². The molecule has 23 heavy (non-hydrogen) atoms. The van der Waals surface area contributed by atoms with Gasteiger partial charge in [-0.2, -0.15) is 0 Å². The molecule has 0 saturated heterocycles. The fourth-order valence-corrected chi connectivity index (χ4v) is 2.49. The van der Waals surface area contributed by atoms with Gasteiger partial charge in [-0.25, -0.2) is 4.68 Å². The summed E-state index contributed by atoms with van der Waals surface area (Å²) in [5.41, 5.74) is 1.93. The molecule has 0 spiro atoms. The topological polar surface area (TPSA) is 60.2 Å². The van der Waals surface area contributed by atoms with Crippen molar-refractivity contribution in [2.24, 2.45) is 0 Å². The van der Waals surface area contributed by atoms with Crippen molar-refractivity contribution in [3.05, 3.63) is 35.7 Å². The Hall–Kier alpha value is -2.37. The van der Waals surface area contributed by atoms with E-state index in [1.807, 2.05) is 45.2 Å². The summed E-state index contributed by atoms with van der Waals surface area (Å²) < 4.78 is 6.89. The molecule has 1 atom stereocenters. The summed E-state index contributed by atoms with van der Waals surface area (Å²) >= 11 is 0. The maximum absolute atomic E-state index is 12.6. The first-order valence-electron chi connectivity index (χ1n) is 7.83. The van der Waals surface area contributed by atoms with Crippen molar-refractivity contribution in [1.82, 2.24) is 19.9 Å². The van der Waals surface area contributed by atoms with Crippen LogP contribution in [-0.2, 0) is 0 Å². The molecule has 0 aliphatic heterocycles. The summed E-state index contributed by atoms with van der Waals surface area (Å²) in [5.74, 6) is 0.636. The molecular formula is C17H24N4O2. The van der Waals surface area contributed by atoms with E-state index in [4.69, 9.17) is 4.74 Å². The van der Waals surface area contributed by atoms with Crippen molar-refractivity contribution in [1.29, 1.82) is 0 Å². The third-order valence-electron chi connectivity index (χ3n) is 4.08. The van der Waals surface area contributed by atoms with Crippen LogP contribution >= 0.6 is 0 Å².